The van der Waals surface area contributed by atoms with Gasteiger partial charge in [0, 0.05) is 35.9 Å². The maximum Gasteiger partial charge on any atom is 0.274 e. The number of benzene rings is 2. The summed E-state index contributed by atoms with van der Waals surface area (Å²) in [4.78, 5) is 27.8. The van der Waals surface area contributed by atoms with E-state index in [1.165, 1.54) is 12.5 Å². The van der Waals surface area contributed by atoms with Gasteiger partial charge >= 0.3 is 0 Å². The molecule has 0 spiro atoms. The molecule has 0 aliphatic carbocycles. The molecule has 148 valence electrons. The number of nitrogens with one attached hydrogen (secondary N) is 3. The van der Waals surface area contributed by atoms with Gasteiger partial charge in [-0.25, -0.2) is 0 Å². The lowest BCUT2D eigenvalue weighted by Crippen LogP contribution is -2.13. The van der Waals surface area contributed by atoms with E-state index in [2.05, 4.69) is 34.8 Å². The lowest BCUT2D eigenvalue weighted by molar-refractivity contribution is -0.114. The van der Waals surface area contributed by atoms with E-state index < -0.39 is 0 Å². The van der Waals surface area contributed by atoms with Gasteiger partial charge in [-0.05, 0) is 60.0 Å². The van der Waals surface area contributed by atoms with E-state index >= 15 is 0 Å². The molecular formula is C23H24N4O2. The van der Waals surface area contributed by atoms with E-state index in [9.17, 15) is 9.59 Å². The van der Waals surface area contributed by atoms with Gasteiger partial charge in [-0.15, -0.1) is 0 Å². The molecule has 2 amide bonds. The number of pyridine rings is 1. The Bertz CT molecular complexity index is 996. The second kappa shape index (κ2) is 9.01. The van der Waals surface area contributed by atoms with E-state index in [4.69, 9.17) is 0 Å². The minimum absolute atomic E-state index is 0.116. The summed E-state index contributed by atoms with van der Waals surface area (Å²) >= 11 is 0. The molecule has 0 fully saturated rings. The van der Waals surface area contributed by atoms with E-state index in [0.717, 1.165) is 22.7 Å². The molecule has 0 saturated heterocycles. The Labute approximate surface area is 170 Å². The van der Waals surface area contributed by atoms with E-state index in [-0.39, 0.29) is 11.8 Å². The van der Waals surface area contributed by atoms with Crippen molar-refractivity contribution in [2.24, 2.45) is 0 Å². The van der Waals surface area contributed by atoms with Crippen molar-refractivity contribution in [1.82, 2.24) is 4.98 Å². The van der Waals surface area contributed by atoms with Crippen molar-refractivity contribution in [2.45, 2.75) is 26.7 Å². The van der Waals surface area contributed by atoms with Crippen molar-refractivity contribution >= 4 is 34.6 Å². The van der Waals surface area contributed by atoms with Crippen LogP contribution in [0.25, 0.3) is 0 Å². The molecule has 2 aromatic carbocycles. The average molecular weight is 388 g/mol. The Morgan fingerprint density at radius 3 is 2.00 bits per heavy atom. The second-order valence-corrected chi connectivity index (χ2v) is 7.04. The summed E-state index contributed by atoms with van der Waals surface area (Å²) in [7, 11) is 0. The fraction of sp³-hybridized carbons (Fsp3) is 0.174. The molecule has 0 aliphatic heterocycles. The first-order valence-corrected chi connectivity index (χ1v) is 9.43. The van der Waals surface area contributed by atoms with Crippen LogP contribution in [-0.2, 0) is 4.79 Å². The van der Waals surface area contributed by atoms with Crippen LogP contribution in [0.5, 0.6) is 0 Å². The first kappa shape index (κ1) is 20.1. The number of carbonyl (C=O) groups excluding carboxylic acids is 2. The van der Waals surface area contributed by atoms with Crippen molar-refractivity contribution in [3.05, 3.63) is 78.1 Å². The van der Waals surface area contributed by atoms with Crippen LogP contribution in [0.3, 0.4) is 0 Å². The highest BCUT2D eigenvalue weighted by molar-refractivity contribution is 6.03. The van der Waals surface area contributed by atoms with Crippen molar-refractivity contribution < 1.29 is 9.59 Å². The Hall–Kier alpha value is -3.67. The number of amides is 2. The largest absolute Gasteiger partial charge is 0.355 e. The topological polar surface area (TPSA) is 83.1 Å². The average Bonchev–Trinajstić information content (AvgIpc) is 2.70. The highest BCUT2D eigenvalue weighted by Gasteiger charge is 2.09. The standard InChI is InChI=1S/C23H24N4O2/c1-15(2)17-4-6-20(7-5-17)27-23(29)22-14-21(12-13-24-22)26-19-10-8-18(9-11-19)25-16(3)28/h4-15H,1-3H3,(H,24,26)(H,25,28)(H,27,29). The van der Waals surface area contributed by atoms with Gasteiger partial charge in [-0.1, -0.05) is 26.0 Å². The molecule has 29 heavy (non-hydrogen) atoms. The van der Waals surface area contributed by atoms with Gasteiger partial charge in [0.2, 0.25) is 5.91 Å². The van der Waals surface area contributed by atoms with Crippen LogP contribution in [0, 0.1) is 0 Å². The summed E-state index contributed by atoms with van der Waals surface area (Å²) in [6.07, 6.45) is 1.59. The van der Waals surface area contributed by atoms with E-state index in [0.29, 0.717) is 11.6 Å². The number of anilines is 4. The summed E-state index contributed by atoms with van der Waals surface area (Å²) in [5, 5.41) is 8.83. The number of hydrogen-bond donors (Lipinski definition) is 3. The molecule has 0 atom stereocenters. The van der Waals surface area contributed by atoms with Crippen LogP contribution < -0.4 is 16.0 Å². The van der Waals surface area contributed by atoms with Gasteiger partial charge in [-0.2, -0.15) is 0 Å². The van der Waals surface area contributed by atoms with Crippen LogP contribution >= 0.6 is 0 Å². The maximum atomic E-state index is 12.5. The quantitative estimate of drug-likeness (QED) is 0.545. The molecule has 0 aliphatic rings. The summed E-state index contributed by atoms with van der Waals surface area (Å²) in [5.41, 5.74) is 4.57. The molecule has 3 aromatic rings. The lowest BCUT2D eigenvalue weighted by atomic mass is 10.0. The lowest BCUT2D eigenvalue weighted by Gasteiger charge is -2.10. The summed E-state index contributed by atoms with van der Waals surface area (Å²) < 4.78 is 0. The minimum atomic E-state index is -0.271. The Morgan fingerprint density at radius 1 is 0.793 bits per heavy atom. The molecule has 0 saturated carbocycles. The third-order valence-corrected chi connectivity index (χ3v) is 4.32. The third-order valence-electron chi connectivity index (χ3n) is 4.32. The van der Waals surface area contributed by atoms with Crippen LogP contribution in [0.2, 0.25) is 0 Å². The maximum absolute atomic E-state index is 12.5. The normalized spacial score (nSPS) is 10.5. The summed E-state index contributed by atoms with van der Waals surface area (Å²) in [6, 6.07) is 18.6. The first-order valence-electron chi connectivity index (χ1n) is 9.43. The smallest absolute Gasteiger partial charge is 0.274 e. The Kier molecular flexibility index (Phi) is 6.24. The fourth-order valence-electron chi connectivity index (χ4n) is 2.79. The zero-order chi connectivity index (χ0) is 20.8. The van der Waals surface area contributed by atoms with Crippen LogP contribution in [0.15, 0.2) is 66.9 Å². The van der Waals surface area contributed by atoms with Crippen molar-refractivity contribution in [2.75, 3.05) is 16.0 Å². The zero-order valence-electron chi connectivity index (χ0n) is 16.7. The molecule has 6 heteroatoms. The van der Waals surface area contributed by atoms with Crippen molar-refractivity contribution in [3.8, 4) is 0 Å². The van der Waals surface area contributed by atoms with Gasteiger partial charge < -0.3 is 16.0 Å². The van der Waals surface area contributed by atoms with Crippen LogP contribution in [0.4, 0.5) is 22.7 Å². The van der Waals surface area contributed by atoms with Crippen LogP contribution in [0.1, 0.15) is 42.7 Å². The number of aromatic nitrogens is 1. The second-order valence-electron chi connectivity index (χ2n) is 7.04. The summed E-state index contributed by atoms with van der Waals surface area (Å²) in [5.74, 6) is 0.0535. The molecular weight excluding hydrogens is 364 g/mol. The fourth-order valence-corrected chi connectivity index (χ4v) is 2.79. The van der Waals surface area contributed by atoms with Gasteiger partial charge in [-0.3, -0.25) is 14.6 Å². The SMILES string of the molecule is CC(=O)Nc1ccc(Nc2ccnc(C(=O)Nc3ccc(C(C)C)cc3)c2)cc1. The molecule has 0 bridgehead atoms. The predicted octanol–water partition coefficient (Wildman–Crippen LogP) is 5.16. The molecule has 0 radical (unpaired) electrons. The van der Waals surface area contributed by atoms with Crippen LogP contribution in [-0.4, -0.2) is 16.8 Å². The van der Waals surface area contributed by atoms with Gasteiger partial charge in [0.15, 0.2) is 0 Å². The molecule has 1 heterocycles. The molecule has 3 rings (SSSR count). The van der Waals surface area contributed by atoms with E-state index in [1.54, 1.807) is 30.5 Å². The molecule has 1 aromatic heterocycles. The third kappa shape index (κ3) is 5.65. The number of carbonyl (C=O) groups is 2. The Morgan fingerprint density at radius 2 is 1.38 bits per heavy atom. The van der Waals surface area contributed by atoms with Crippen molar-refractivity contribution in [1.29, 1.82) is 0 Å². The molecule has 3 N–H and O–H groups in total. The summed E-state index contributed by atoms with van der Waals surface area (Å²) in [6.45, 7) is 5.72. The minimum Gasteiger partial charge on any atom is -0.355 e. The molecule has 6 nitrogen and oxygen atoms in total. The number of nitrogens with zero attached hydrogens (tertiary/aromatic N) is 1. The van der Waals surface area contributed by atoms with Crippen molar-refractivity contribution in [3.63, 3.8) is 0 Å². The highest BCUT2D eigenvalue weighted by atomic mass is 16.2. The van der Waals surface area contributed by atoms with E-state index in [1.807, 2.05) is 36.4 Å². The monoisotopic (exact) mass is 388 g/mol. The number of hydrogen-bond acceptors (Lipinski definition) is 4. The van der Waals surface area contributed by atoms with Gasteiger partial charge in [0.1, 0.15) is 5.69 Å². The predicted molar refractivity (Wildman–Crippen MR) is 117 cm³/mol. The Balaban J connectivity index is 1.66. The first-order chi connectivity index (χ1) is 13.9. The van der Waals surface area contributed by atoms with Gasteiger partial charge in [0.05, 0.1) is 0 Å². The van der Waals surface area contributed by atoms with Gasteiger partial charge in [0.25, 0.3) is 5.91 Å². The number of rotatable bonds is 6. The molecule has 0 unspecified atom stereocenters. The highest BCUT2D eigenvalue weighted by Crippen LogP contribution is 2.20. The zero-order valence-corrected chi connectivity index (χ0v) is 16.7.